The number of nitrogens with zero attached hydrogens (tertiary/aromatic N) is 2. The first kappa shape index (κ1) is 19.0. The molecule has 2 heterocycles. The van der Waals surface area contributed by atoms with Gasteiger partial charge < -0.3 is 9.47 Å². The van der Waals surface area contributed by atoms with E-state index in [1.54, 1.807) is 13.2 Å². The molecule has 2 aliphatic rings. The quantitative estimate of drug-likeness (QED) is 0.573. The van der Waals surface area contributed by atoms with Gasteiger partial charge in [-0.2, -0.15) is 0 Å². The van der Waals surface area contributed by atoms with Crippen LogP contribution >= 0.6 is 0 Å². The van der Waals surface area contributed by atoms with Crippen molar-refractivity contribution in [2.24, 2.45) is 0 Å². The highest BCUT2D eigenvalue weighted by atomic mass is 16.5. The van der Waals surface area contributed by atoms with Gasteiger partial charge in [-0.25, -0.2) is 5.01 Å². The molecule has 0 bridgehead atoms. The van der Waals surface area contributed by atoms with Crippen LogP contribution in [0.25, 0.3) is 0 Å². The molecule has 2 saturated heterocycles. The molecule has 0 aromatic heterocycles. The second-order valence-electron chi connectivity index (χ2n) is 6.79. The van der Waals surface area contributed by atoms with E-state index in [1.165, 1.54) is 11.1 Å². The van der Waals surface area contributed by atoms with Crippen molar-refractivity contribution in [1.82, 2.24) is 9.93 Å². The topological polar surface area (TPSA) is 24.9 Å². The number of rotatable bonds is 6. The summed E-state index contributed by atoms with van der Waals surface area (Å²) in [4.78, 5) is 1.83. The Morgan fingerprint density at radius 1 is 1.42 bits per heavy atom. The van der Waals surface area contributed by atoms with Gasteiger partial charge in [0.25, 0.3) is 0 Å². The average Bonchev–Trinajstić information content (AvgIpc) is 3.26. The zero-order valence-corrected chi connectivity index (χ0v) is 15.7. The van der Waals surface area contributed by atoms with Crippen molar-refractivity contribution in [3.63, 3.8) is 0 Å². The fraction of sp³-hybridized carbons (Fsp3) is 0.429. The van der Waals surface area contributed by atoms with Gasteiger partial charge in [0.1, 0.15) is 11.5 Å². The van der Waals surface area contributed by atoms with Gasteiger partial charge in [-0.05, 0) is 43.0 Å². The van der Waals surface area contributed by atoms with Crippen molar-refractivity contribution in [1.29, 1.82) is 0 Å². The van der Waals surface area contributed by atoms with Crippen LogP contribution in [-0.2, 0) is 4.74 Å². The van der Waals surface area contributed by atoms with Crippen LogP contribution < -0.4 is 4.74 Å². The fourth-order valence-electron chi connectivity index (χ4n) is 3.83. The molecular weight excluding hydrogens is 323 g/mol. The molecule has 5 heteroatoms. The summed E-state index contributed by atoms with van der Waals surface area (Å²) in [7, 11) is 8.26. The molecule has 1 spiro atoms. The highest BCUT2D eigenvalue weighted by Crippen LogP contribution is 2.47. The van der Waals surface area contributed by atoms with Gasteiger partial charge >= 0.3 is 0 Å². The van der Waals surface area contributed by atoms with Gasteiger partial charge in [-0.15, -0.1) is 0 Å². The zero-order valence-electron chi connectivity index (χ0n) is 15.7. The molecule has 1 aromatic rings. The normalized spacial score (nSPS) is 27.6. The van der Waals surface area contributed by atoms with E-state index in [0.29, 0.717) is 0 Å². The first-order valence-electron chi connectivity index (χ1n) is 9.17. The van der Waals surface area contributed by atoms with E-state index in [9.17, 15) is 0 Å². The molecule has 0 amide bonds. The summed E-state index contributed by atoms with van der Waals surface area (Å²) in [5.41, 5.74) is 2.01. The third kappa shape index (κ3) is 3.66. The molecule has 2 radical (unpaired) electrons. The summed E-state index contributed by atoms with van der Waals surface area (Å²) < 4.78 is 11.4. The maximum absolute atomic E-state index is 6.57. The van der Waals surface area contributed by atoms with E-state index in [2.05, 4.69) is 35.9 Å². The highest BCUT2D eigenvalue weighted by molar-refractivity contribution is 6.04. The average molecular weight is 350 g/mol. The number of ether oxygens (including phenoxy) is 2. The highest BCUT2D eigenvalue weighted by Gasteiger charge is 2.51. The summed E-state index contributed by atoms with van der Waals surface area (Å²) in [5.74, 6) is 0.859. The minimum atomic E-state index is -0.397. The summed E-state index contributed by atoms with van der Waals surface area (Å²) in [5, 5.41) is 2.22. The molecular formula is C21H27BN2O2. The maximum atomic E-state index is 6.57. The third-order valence-electron chi connectivity index (χ3n) is 5.31. The van der Waals surface area contributed by atoms with Crippen molar-refractivity contribution in [3.8, 4) is 5.75 Å². The van der Waals surface area contributed by atoms with Crippen LogP contribution in [0.2, 0.25) is 0 Å². The SMILES string of the molecule is [B]N1N(CC(/C=C\C=C)=C/C)C(c2ccc(OC)cc2)CC12CCCO2. The van der Waals surface area contributed by atoms with Crippen LogP contribution in [0, 0.1) is 0 Å². The molecule has 2 fully saturated rings. The van der Waals surface area contributed by atoms with Gasteiger partial charge in [0.2, 0.25) is 7.98 Å². The van der Waals surface area contributed by atoms with Crippen molar-refractivity contribution in [2.75, 3.05) is 20.3 Å². The number of methoxy groups -OCH3 is 1. The fourth-order valence-corrected chi connectivity index (χ4v) is 3.83. The lowest BCUT2D eigenvalue weighted by Gasteiger charge is -2.37. The number of hydrogen-bond donors (Lipinski definition) is 0. The van der Waals surface area contributed by atoms with Crippen LogP contribution in [0.5, 0.6) is 5.75 Å². The van der Waals surface area contributed by atoms with Crippen LogP contribution in [0.15, 0.2) is 60.7 Å². The van der Waals surface area contributed by atoms with Crippen LogP contribution in [0.3, 0.4) is 0 Å². The molecule has 4 nitrogen and oxygen atoms in total. The van der Waals surface area contributed by atoms with Crippen LogP contribution in [-0.4, -0.2) is 43.9 Å². The second-order valence-corrected chi connectivity index (χ2v) is 6.79. The lowest BCUT2D eigenvalue weighted by Crippen LogP contribution is -2.48. The molecule has 26 heavy (non-hydrogen) atoms. The minimum Gasteiger partial charge on any atom is -0.497 e. The Hall–Kier alpha value is -1.82. The lowest BCUT2D eigenvalue weighted by atomic mass is 9.96. The third-order valence-corrected chi connectivity index (χ3v) is 5.31. The Labute approximate surface area is 158 Å². The van der Waals surface area contributed by atoms with E-state index in [0.717, 1.165) is 38.2 Å². The minimum absolute atomic E-state index is 0.163. The number of hydrogen-bond acceptors (Lipinski definition) is 4. The molecule has 0 saturated carbocycles. The Morgan fingerprint density at radius 3 is 2.77 bits per heavy atom. The van der Waals surface area contributed by atoms with E-state index in [1.807, 2.05) is 30.1 Å². The molecule has 2 unspecified atom stereocenters. The Bertz CT molecular complexity index is 678. The van der Waals surface area contributed by atoms with Gasteiger partial charge in [-0.1, -0.05) is 43.0 Å². The van der Waals surface area contributed by atoms with Crippen molar-refractivity contribution >= 4 is 7.98 Å². The summed E-state index contributed by atoms with van der Waals surface area (Å²) >= 11 is 0. The molecule has 2 aliphatic heterocycles. The summed E-state index contributed by atoms with van der Waals surface area (Å²) in [6.45, 7) is 7.29. The largest absolute Gasteiger partial charge is 0.497 e. The van der Waals surface area contributed by atoms with E-state index >= 15 is 0 Å². The van der Waals surface area contributed by atoms with Gasteiger partial charge in [-0.3, -0.25) is 4.92 Å². The molecule has 3 rings (SSSR count). The van der Waals surface area contributed by atoms with E-state index in [4.69, 9.17) is 17.5 Å². The van der Waals surface area contributed by atoms with Crippen molar-refractivity contribution in [2.45, 2.75) is 38.0 Å². The molecule has 136 valence electrons. The standard InChI is InChI=1S/C21H27BN2O2/c1-4-6-8-17(5-2)16-23-20(18-9-11-19(25-3)12-10-18)15-21(24(23)22)13-7-14-26-21/h4-6,8-12,20H,1,7,13-16H2,2-3H3/b8-6-,17-5+. The Kier molecular flexibility index (Phi) is 6.02. The van der Waals surface area contributed by atoms with Crippen molar-refractivity contribution < 1.29 is 9.47 Å². The first-order valence-corrected chi connectivity index (χ1v) is 9.17. The second kappa shape index (κ2) is 8.25. The Balaban J connectivity index is 1.90. The molecule has 2 atom stereocenters. The molecule has 0 N–H and O–H groups in total. The number of benzene rings is 1. The smallest absolute Gasteiger partial charge is 0.211 e. The van der Waals surface area contributed by atoms with Gasteiger partial charge in [0.05, 0.1) is 13.2 Å². The zero-order chi connectivity index (χ0) is 18.6. The molecule has 0 aliphatic carbocycles. The summed E-state index contributed by atoms with van der Waals surface area (Å²) in [6.07, 6.45) is 10.8. The van der Waals surface area contributed by atoms with Gasteiger partial charge in [0, 0.05) is 19.6 Å². The first-order chi connectivity index (χ1) is 12.6. The predicted molar refractivity (Wildman–Crippen MR) is 106 cm³/mol. The van der Waals surface area contributed by atoms with E-state index < -0.39 is 5.72 Å². The van der Waals surface area contributed by atoms with Crippen LogP contribution in [0.4, 0.5) is 0 Å². The monoisotopic (exact) mass is 350 g/mol. The maximum Gasteiger partial charge on any atom is 0.211 e. The van der Waals surface area contributed by atoms with Crippen LogP contribution in [0.1, 0.15) is 37.8 Å². The predicted octanol–water partition coefficient (Wildman–Crippen LogP) is 3.94. The molecule has 1 aromatic carbocycles. The summed E-state index contributed by atoms with van der Waals surface area (Å²) in [6, 6.07) is 8.41. The van der Waals surface area contributed by atoms with Gasteiger partial charge in [0.15, 0.2) is 0 Å². The van der Waals surface area contributed by atoms with Crippen molar-refractivity contribution in [3.05, 3.63) is 66.3 Å². The number of hydrazine groups is 1. The Morgan fingerprint density at radius 2 is 2.19 bits per heavy atom. The number of allylic oxidation sites excluding steroid dienone is 3. The van der Waals surface area contributed by atoms with E-state index in [-0.39, 0.29) is 6.04 Å². The lowest BCUT2D eigenvalue weighted by molar-refractivity contribution is -0.114.